The molecule has 0 saturated heterocycles. The van der Waals surface area contributed by atoms with Crippen molar-refractivity contribution in [1.29, 1.82) is 0 Å². The van der Waals surface area contributed by atoms with Gasteiger partial charge in [-0.1, -0.05) is 12.2 Å². The van der Waals surface area contributed by atoms with Crippen molar-refractivity contribution in [2.24, 2.45) is 0 Å². The van der Waals surface area contributed by atoms with Gasteiger partial charge in [0.2, 0.25) is 0 Å². The van der Waals surface area contributed by atoms with Gasteiger partial charge in [-0.3, -0.25) is 0 Å². The number of rotatable bonds is 1. The van der Waals surface area contributed by atoms with E-state index >= 15 is 0 Å². The van der Waals surface area contributed by atoms with Gasteiger partial charge < -0.3 is 4.42 Å². The summed E-state index contributed by atoms with van der Waals surface area (Å²) in [5.41, 5.74) is 0.672. The van der Waals surface area contributed by atoms with E-state index in [1.54, 1.807) is 6.92 Å². The van der Waals surface area contributed by atoms with Crippen LogP contribution in [-0.4, -0.2) is 0 Å². The second-order valence-electron chi connectivity index (χ2n) is 3.77. The quantitative estimate of drug-likeness (QED) is 0.637. The Morgan fingerprint density at radius 1 is 1.36 bits per heavy atom. The first kappa shape index (κ1) is 9.25. The van der Waals surface area contributed by atoms with Crippen LogP contribution >= 0.6 is 0 Å². The van der Waals surface area contributed by atoms with E-state index in [1.165, 1.54) is 0 Å². The zero-order valence-corrected chi connectivity index (χ0v) is 8.32. The van der Waals surface area contributed by atoms with Gasteiger partial charge in [-0.25, -0.2) is 4.79 Å². The van der Waals surface area contributed by atoms with E-state index in [4.69, 9.17) is 4.42 Å². The van der Waals surface area contributed by atoms with Gasteiger partial charge in [0.25, 0.3) is 0 Å². The third kappa shape index (κ3) is 1.79. The second kappa shape index (κ2) is 3.82. The molecule has 0 unspecified atom stereocenters. The Labute approximate surface area is 83.3 Å². The van der Waals surface area contributed by atoms with Crippen LogP contribution in [0, 0.1) is 6.92 Å². The number of hydrogen-bond donors (Lipinski definition) is 0. The van der Waals surface area contributed by atoms with Crippen LogP contribution in [0.4, 0.5) is 0 Å². The molecule has 0 spiro atoms. The largest absolute Gasteiger partial charge is 0.428 e. The first-order valence-electron chi connectivity index (χ1n) is 5.03. The maximum atomic E-state index is 11.5. The third-order valence-electron chi connectivity index (χ3n) is 2.70. The van der Waals surface area contributed by atoms with Crippen LogP contribution in [0.2, 0.25) is 0 Å². The van der Waals surface area contributed by atoms with Crippen LogP contribution in [0.15, 0.2) is 33.5 Å². The van der Waals surface area contributed by atoms with Crippen LogP contribution in [0.1, 0.15) is 36.5 Å². The van der Waals surface area contributed by atoms with Crippen molar-refractivity contribution in [2.45, 2.75) is 32.1 Å². The second-order valence-corrected chi connectivity index (χ2v) is 3.77. The van der Waals surface area contributed by atoms with Crippen molar-refractivity contribution in [3.05, 3.63) is 46.0 Å². The molecule has 1 aromatic rings. The maximum absolute atomic E-state index is 11.5. The summed E-state index contributed by atoms with van der Waals surface area (Å²) in [5.74, 6) is 1.04. The SMILES string of the molecule is Cc1ccc([C@H]2CC=CCC2)c(=O)o1. The van der Waals surface area contributed by atoms with Crippen LogP contribution in [0.5, 0.6) is 0 Å². The smallest absolute Gasteiger partial charge is 0.339 e. The fourth-order valence-electron chi connectivity index (χ4n) is 1.89. The number of allylic oxidation sites excluding steroid dienone is 2. The highest BCUT2D eigenvalue weighted by molar-refractivity contribution is 5.18. The van der Waals surface area contributed by atoms with Crippen molar-refractivity contribution >= 4 is 0 Å². The molecule has 0 saturated carbocycles. The molecule has 0 amide bonds. The highest BCUT2D eigenvalue weighted by Gasteiger charge is 2.16. The standard InChI is InChI=1S/C12H14O2/c1-9-7-8-11(12(13)14-9)10-5-3-2-4-6-10/h2-3,7-8,10H,4-6H2,1H3/t10-/m0/s1. The van der Waals surface area contributed by atoms with E-state index in [1.807, 2.05) is 12.1 Å². The summed E-state index contributed by atoms with van der Waals surface area (Å²) in [5, 5.41) is 0. The first-order valence-corrected chi connectivity index (χ1v) is 5.03. The van der Waals surface area contributed by atoms with Crippen molar-refractivity contribution in [1.82, 2.24) is 0 Å². The average Bonchev–Trinajstić information content (AvgIpc) is 2.19. The predicted molar refractivity (Wildman–Crippen MR) is 55.4 cm³/mol. The summed E-state index contributed by atoms with van der Waals surface area (Å²) >= 11 is 0. The highest BCUT2D eigenvalue weighted by atomic mass is 16.4. The molecule has 1 aliphatic rings. The molecule has 1 aliphatic carbocycles. The van der Waals surface area contributed by atoms with Gasteiger partial charge in [-0.2, -0.15) is 0 Å². The van der Waals surface area contributed by atoms with Crippen LogP contribution in [0.25, 0.3) is 0 Å². The topological polar surface area (TPSA) is 30.2 Å². The van der Waals surface area contributed by atoms with Gasteiger partial charge in [-0.05, 0) is 44.2 Å². The normalized spacial score (nSPS) is 21.1. The molecule has 0 aromatic carbocycles. The van der Waals surface area contributed by atoms with Crippen LogP contribution < -0.4 is 5.63 Å². The molecule has 2 nitrogen and oxygen atoms in total. The third-order valence-corrected chi connectivity index (χ3v) is 2.70. The molecule has 0 aliphatic heterocycles. The van der Waals surface area contributed by atoms with Gasteiger partial charge in [0.15, 0.2) is 0 Å². The lowest BCUT2D eigenvalue weighted by atomic mass is 9.89. The summed E-state index contributed by atoms with van der Waals surface area (Å²) < 4.78 is 5.08. The van der Waals surface area contributed by atoms with Gasteiger partial charge in [0, 0.05) is 5.56 Å². The summed E-state index contributed by atoms with van der Waals surface area (Å²) in [6.07, 6.45) is 7.41. The van der Waals surface area contributed by atoms with Gasteiger partial charge >= 0.3 is 5.63 Å². The molecule has 0 bridgehead atoms. The first-order chi connectivity index (χ1) is 6.77. The average molecular weight is 190 g/mol. The molecule has 14 heavy (non-hydrogen) atoms. The molecular weight excluding hydrogens is 176 g/mol. The molecule has 0 fully saturated rings. The molecule has 1 heterocycles. The monoisotopic (exact) mass is 190 g/mol. The highest BCUT2D eigenvalue weighted by Crippen LogP contribution is 2.26. The predicted octanol–water partition coefficient (Wildman–Crippen LogP) is 2.77. The molecule has 0 N–H and O–H groups in total. The number of hydrogen-bond acceptors (Lipinski definition) is 2. The zero-order valence-electron chi connectivity index (χ0n) is 8.32. The molecule has 1 atom stereocenters. The van der Waals surface area contributed by atoms with E-state index in [2.05, 4.69) is 12.2 Å². The number of aryl methyl sites for hydroxylation is 1. The van der Waals surface area contributed by atoms with Crippen LogP contribution in [0.3, 0.4) is 0 Å². The van der Waals surface area contributed by atoms with Gasteiger partial charge in [0.05, 0.1) is 0 Å². The van der Waals surface area contributed by atoms with Crippen molar-refractivity contribution in [3.8, 4) is 0 Å². The summed E-state index contributed by atoms with van der Waals surface area (Å²) in [6.45, 7) is 1.80. The Morgan fingerprint density at radius 2 is 2.21 bits per heavy atom. The Balaban J connectivity index is 2.32. The minimum absolute atomic E-state index is 0.162. The molecule has 2 heteroatoms. The van der Waals surface area contributed by atoms with Crippen molar-refractivity contribution in [2.75, 3.05) is 0 Å². The lowest BCUT2D eigenvalue weighted by molar-refractivity contribution is 0.458. The zero-order chi connectivity index (χ0) is 9.97. The fourth-order valence-corrected chi connectivity index (χ4v) is 1.89. The van der Waals surface area contributed by atoms with Gasteiger partial charge in [-0.15, -0.1) is 0 Å². The maximum Gasteiger partial charge on any atom is 0.339 e. The molecule has 1 aromatic heterocycles. The molecule has 2 rings (SSSR count). The molecule has 0 radical (unpaired) electrons. The minimum Gasteiger partial charge on any atom is -0.428 e. The summed E-state index contributed by atoms with van der Waals surface area (Å²) in [6, 6.07) is 3.78. The Bertz CT molecular complexity index is 401. The summed E-state index contributed by atoms with van der Waals surface area (Å²) in [4.78, 5) is 11.5. The molecule has 74 valence electrons. The van der Waals surface area contributed by atoms with Gasteiger partial charge in [0.1, 0.15) is 5.76 Å². The van der Waals surface area contributed by atoms with E-state index in [0.29, 0.717) is 11.7 Å². The Hall–Kier alpha value is -1.31. The van der Waals surface area contributed by atoms with Crippen molar-refractivity contribution in [3.63, 3.8) is 0 Å². The van der Waals surface area contributed by atoms with Crippen LogP contribution in [-0.2, 0) is 0 Å². The Kier molecular flexibility index (Phi) is 2.53. The van der Waals surface area contributed by atoms with E-state index in [0.717, 1.165) is 24.8 Å². The minimum atomic E-state index is -0.162. The molecular formula is C12H14O2. The van der Waals surface area contributed by atoms with E-state index in [9.17, 15) is 4.79 Å². The lowest BCUT2D eigenvalue weighted by Gasteiger charge is -2.16. The lowest BCUT2D eigenvalue weighted by Crippen LogP contribution is -2.13. The van der Waals surface area contributed by atoms with E-state index < -0.39 is 0 Å². The fraction of sp³-hybridized carbons (Fsp3) is 0.417. The Morgan fingerprint density at radius 3 is 2.86 bits per heavy atom. The van der Waals surface area contributed by atoms with E-state index in [-0.39, 0.29) is 5.63 Å². The summed E-state index contributed by atoms with van der Waals surface area (Å²) in [7, 11) is 0. The van der Waals surface area contributed by atoms with Crippen molar-refractivity contribution < 1.29 is 4.42 Å².